The fourth-order valence-electron chi connectivity index (χ4n) is 4.49. The molecule has 0 spiro atoms. The average Bonchev–Trinajstić information content (AvgIpc) is 3.37. The summed E-state index contributed by atoms with van der Waals surface area (Å²) in [4.78, 5) is 27.5. The number of Topliss-reactive ketones (excluding diaryl/α,β-unsaturated/α-hetero) is 1. The first kappa shape index (κ1) is 22.5. The van der Waals surface area contributed by atoms with E-state index in [1.807, 2.05) is 48.7 Å². The maximum atomic E-state index is 13.1. The summed E-state index contributed by atoms with van der Waals surface area (Å²) in [7, 11) is 0. The van der Waals surface area contributed by atoms with Gasteiger partial charge < -0.3 is 10.0 Å². The summed E-state index contributed by atoms with van der Waals surface area (Å²) in [5, 5.41) is 18.1. The third-order valence-corrected chi connectivity index (χ3v) is 6.44. The summed E-state index contributed by atoms with van der Waals surface area (Å²) in [5.74, 6) is -0.0471. The van der Waals surface area contributed by atoms with Crippen molar-refractivity contribution in [3.05, 3.63) is 102 Å². The normalized spacial score (nSPS) is 14.1. The zero-order chi connectivity index (χ0) is 24.2. The molecule has 0 atom stereocenters. The Hall–Kier alpha value is -4.26. The van der Waals surface area contributed by atoms with Gasteiger partial charge >= 0.3 is 0 Å². The number of amides is 1. The summed E-state index contributed by atoms with van der Waals surface area (Å²) >= 11 is 0. The van der Waals surface area contributed by atoms with Crippen LogP contribution in [0.15, 0.2) is 85.1 Å². The monoisotopic (exact) mass is 466 g/mol. The topological polar surface area (TPSA) is 88.3 Å². The summed E-state index contributed by atoms with van der Waals surface area (Å²) < 4.78 is 1.80. The van der Waals surface area contributed by atoms with Crippen LogP contribution in [0.5, 0.6) is 5.75 Å². The van der Waals surface area contributed by atoms with E-state index in [9.17, 15) is 14.7 Å². The second kappa shape index (κ2) is 9.93. The first-order valence-electron chi connectivity index (χ1n) is 11.7. The van der Waals surface area contributed by atoms with E-state index in [0.717, 1.165) is 16.8 Å². The van der Waals surface area contributed by atoms with Gasteiger partial charge in [0.25, 0.3) is 5.91 Å². The van der Waals surface area contributed by atoms with Crippen molar-refractivity contribution in [1.82, 2.24) is 19.9 Å². The van der Waals surface area contributed by atoms with E-state index in [4.69, 9.17) is 0 Å². The van der Waals surface area contributed by atoms with E-state index in [1.54, 1.807) is 27.8 Å². The number of hydrogen-bond acceptors (Lipinski definition) is 5. The lowest BCUT2D eigenvalue weighted by Gasteiger charge is -2.31. The molecule has 7 nitrogen and oxygen atoms in total. The fraction of sp³-hybridized carbons (Fsp3) is 0.214. The van der Waals surface area contributed by atoms with E-state index < -0.39 is 0 Å². The minimum absolute atomic E-state index is 0.0723. The standard InChI is InChI=1S/C28H26N4O3/c33-25-8-4-7-24(17-25)28(35)31-15-13-23(14-16-31)27(34)22-11-9-21(10-12-22)26-19-32(30-29-26)18-20-5-2-1-3-6-20/h1-12,17,19,23,33H,13-16,18H2. The van der Waals surface area contributed by atoms with Crippen LogP contribution in [0.3, 0.4) is 0 Å². The molecule has 0 saturated carbocycles. The molecule has 1 aromatic heterocycles. The van der Waals surface area contributed by atoms with Gasteiger partial charge in [0.2, 0.25) is 0 Å². The summed E-state index contributed by atoms with van der Waals surface area (Å²) in [6.45, 7) is 1.69. The lowest BCUT2D eigenvalue weighted by Crippen LogP contribution is -2.40. The highest BCUT2D eigenvalue weighted by molar-refractivity contribution is 5.99. The van der Waals surface area contributed by atoms with E-state index >= 15 is 0 Å². The summed E-state index contributed by atoms with van der Waals surface area (Å²) in [5.41, 5.74) is 3.96. The van der Waals surface area contributed by atoms with Gasteiger partial charge in [-0.25, -0.2) is 4.68 Å². The molecule has 1 saturated heterocycles. The SMILES string of the molecule is O=C(c1ccc(-c2cn(Cc3ccccc3)nn2)cc1)C1CCN(C(=O)c2cccc(O)c2)CC1. The van der Waals surface area contributed by atoms with Crippen LogP contribution in [-0.4, -0.2) is 49.8 Å². The van der Waals surface area contributed by atoms with Gasteiger partial charge in [0, 0.05) is 35.7 Å². The lowest BCUT2D eigenvalue weighted by atomic mass is 9.88. The molecule has 0 radical (unpaired) electrons. The quantitative estimate of drug-likeness (QED) is 0.425. The van der Waals surface area contributed by atoms with Gasteiger partial charge in [0.05, 0.1) is 12.7 Å². The van der Waals surface area contributed by atoms with Crippen LogP contribution >= 0.6 is 0 Å². The van der Waals surface area contributed by atoms with Gasteiger partial charge in [0.15, 0.2) is 5.78 Å². The Morgan fingerprint density at radius 1 is 0.886 bits per heavy atom. The van der Waals surface area contributed by atoms with Crippen molar-refractivity contribution >= 4 is 11.7 Å². The molecule has 1 aliphatic heterocycles. The van der Waals surface area contributed by atoms with E-state index in [2.05, 4.69) is 22.4 Å². The predicted octanol–water partition coefficient (Wildman–Crippen LogP) is 4.43. The van der Waals surface area contributed by atoms with Gasteiger partial charge in [-0.1, -0.05) is 65.9 Å². The van der Waals surface area contributed by atoms with E-state index in [-0.39, 0.29) is 23.4 Å². The molecular weight excluding hydrogens is 440 g/mol. The Kier molecular flexibility index (Phi) is 6.39. The van der Waals surface area contributed by atoms with Crippen LogP contribution in [-0.2, 0) is 6.54 Å². The number of aromatic hydroxyl groups is 1. The van der Waals surface area contributed by atoms with E-state index in [0.29, 0.717) is 43.6 Å². The van der Waals surface area contributed by atoms with Crippen LogP contribution in [0.25, 0.3) is 11.3 Å². The third-order valence-electron chi connectivity index (χ3n) is 6.44. The van der Waals surface area contributed by atoms with E-state index in [1.165, 1.54) is 6.07 Å². The average molecular weight is 467 g/mol. The molecule has 0 aliphatic carbocycles. The predicted molar refractivity (Wildman–Crippen MR) is 132 cm³/mol. The first-order chi connectivity index (χ1) is 17.1. The number of hydrogen-bond donors (Lipinski definition) is 1. The minimum Gasteiger partial charge on any atom is -0.508 e. The van der Waals surface area contributed by atoms with Gasteiger partial charge in [-0.2, -0.15) is 0 Å². The Morgan fingerprint density at radius 3 is 2.34 bits per heavy atom. The zero-order valence-electron chi connectivity index (χ0n) is 19.2. The molecule has 35 heavy (non-hydrogen) atoms. The van der Waals surface area contributed by atoms with Crippen molar-refractivity contribution in [2.75, 3.05) is 13.1 Å². The number of phenolic OH excluding ortho intramolecular Hbond substituents is 1. The molecule has 1 N–H and O–H groups in total. The maximum Gasteiger partial charge on any atom is 0.253 e. The molecule has 7 heteroatoms. The van der Waals surface area contributed by atoms with Crippen LogP contribution in [0, 0.1) is 5.92 Å². The van der Waals surface area contributed by atoms with Crippen molar-refractivity contribution in [3.8, 4) is 17.0 Å². The number of nitrogens with zero attached hydrogens (tertiary/aromatic N) is 4. The number of rotatable bonds is 6. The second-order valence-electron chi connectivity index (χ2n) is 8.85. The highest BCUT2D eigenvalue weighted by atomic mass is 16.3. The molecule has 1 fully saturated rings. The molecule has 1 aliphatic rings. The van der Waals surface area contributed by atoms with Crippen molar-refractivity contribution in [3.63, 3.8) is 0 Å². The molecule has 1 amide bonds. The summed E-state index contributed by atoms with van der Waals surface area (Å²) in [6, 6.07) is 24.0. The Morgan fingerprint density at radius 2 is 1.63 bits per heavy atom. The molecule has 176 valence electrons. The van der Waals surface area contributed by atoms with Gasteiger partial charge in [-0.05, 0) is 36.6 Å². The number of carbonyl (C=O) groups is 2. The third kappa shape index (κ3) is 5.14. The number of benzene rings is 3. The number of piperidine rings is 1. The van der Waals surface area contributed by atoms with Crippen LogP contribution < -0.4 is 0 Å². The number of phenols is 1. The molecule has 2 heterocycles. The Labute approximate surface area is 203 Å². The summed E-state index contributed by atoms with van der Waals surface area (Å²) in [6.07, 6.45) is 3.15. The van der Waals surface area contributed by atoms with Crippen LogP contribution in [0.2, 0.25) is 0 Å². The van der Waals surface area contributed by atoms with Gasteiger partial charge in [-0.3, -0.25) is 9.59 Å². The Bertz CT molecular complexity index is 1320. The Balaban J connectivity index is 1.19. The van der Waals surface area contributed by atoms with Crippen molar-refractivity contribution in [1.29, 1.82) is 0 Å². The molecule has 0 bridgehead atoms. The van der Waals surface area contributed by atoms with Crippen molar-refractivity contribution < 1.29 is 14.7 Å². The second-order valence-corrected chi connectivity index (χ2v) is 8.85. The van der Waals surface area contributed by atoms with Gasteiger partial charge in [-0.15, -0.1) is 5.10 Å². The van der Waals surface area contributed by atoms with Crippen molar-refractivity contribution in [2.24, 2.45) is 5.92 Å². The number of carbonyl (C=O) groups excluding carboxylic acids is 2. The van der Waals surface area contributed by atoms with Gasteiger partial charge in [0.1, 0.15) is 11.4 Å². The molecule has 4 aromatic rings. The highest BCUT2D eigenvalue weighted by Gasteiger charge is 2.28. The number of ketones is 1. The number of aromatic nitrogens is 3. The van der Waals surface area contributed by atoms with Crippen LogP contribution in [0.1, 0.15) is 39.1 Å². The maximum absolute atomic E-state index is 13.1. The molecule has 3 aromatic carbocycles. The lowest BCUT2D eigenvalue weighted by molar-refractivity contribution is 0.0650. The first-order valence-corrected chi connectivity index (χ1v) is 11.7. The minimum atomic E-state index is -0.114. The molecular formula is C28H26N4O3. The molecule has 0 unspecified atom stereocenters. The smallest absolute Gasteiger partial charge is 0.253 e. The molecule has 5 rings (SSSR count). The highest BCUT2D eigenvalue weighted by Crippen LogP contribution is 2.25. The largest absolute Gasteiger partial charge is 0.508 e. The fourth-order valence-corrected chi connectivity index (χ4v) is 4.49. The van der Waals surface area contributed by atoms with Crippen molar-refractivity contribution in [2.45, 2.75) is 19.4 Å². The number of likely N-dealkylation sites (tertiary alicyclic amines) is 1. The van der Waals surface area contributed by atoms with Crippen LogP contribution in [0.4, 0.5) is 0 Å². The zero-order valence-corrected chi connectivity index (χ0v) is 19.2.